The first-order valence-electron chi connectivity index (χ1n) is 13.7. The molecule has 1 aromatic carbocycles. The minimum Gasteiger partial charge on any atom is -0.633 e. The van der Waals surface area contributed by atoms with Gasteiger partial charge >= 0.3 is 0 Å². The Morgan fingerprint density at radius 3 is 2.74 bits per heavy atom. The van der Waals surface area contributed by atoms with Crippen LogP contribution in [0.3, 0.4) is 0 Å². The maximum atomic E-state index is 13.9. The van der Waals surface area contributed by atoms with Crippen molar-refractivity contribution in [3.05, 3.63) is 92.3 Å². The summed E-state index contributed by atoms with van der Waals surface area (Å²) in [5.74, 6) is -0.109. The number of aryl methyl sites for hydroxylation is 2. The SMILES string of the molecule is CCc1cc(C2CC[N+]([O-])(Cc3cc4c(-n5ccc6c(c5=O)CCN6)ccnc4n3C)CC2)ccc1C(N)=O. The molecule has 1 fully saturated rings. The lowest BCUT2D eigenvalue weighted by atomic mass is 9.87. The van der Waals surface area contributed by atoms with Gasteiger partial charge in [0, 0.05) is 61.0 Å². The van der Waals surface area contributed by atoms with E-state index in [-0.39, 0.29) is 10.2 Å². The number of aromatic nitrogens is 3. The number of hydrogen-bond acceptors (Lipinski definition) is 5. The molecule has 0 saturated carbocycles. The summed E-state index contributed by atoms with van der Waals surface area (Å²) < 4.78 is 3.39. The number of pyridine rings is 2. The van der Waals surface area contributed by atoms with E-state index in [1.165, 1.54) is 5.56 Å². The van der Waals surface area contributed by atoms with Crippen molar-refractivity contribution in [1.82, 2.24) is 14.1 Å². The van der Waals surface area contributed by atoms with Gasteiger partial charge in [0.1, 0.15) is 12.2 Å². The molecule has 9 nitrogen and oxygen atoms in total. The van der Waals surface area contributed by atoms with E-state index in [0.717, 1.165) is 71.5 Å². The fraction of sp³-hybridized carbons (Fsp3) is 0.367. The first-order valence-corrected chi connectivity index (χ1v) is 13.7. The van der Waals surface area contributed by atoms with E-state index >= 15 is 0 Å². The molecule has 9 heteroatoms. The first kappa shape index (κ1) is 25.3. The Labute approximate surface area is 227 Å². The molecule has 0 radical (unpaired) electrons. The van der Waals surface area contributed by atoms with Gasteiger partial charge in [-0.3, -0.25) is 14.2 Å². The molecule has 2 aliphatic heterocycles. The number of nitrogens with one attached hydrogen (secondary N) is 1. The van der Waals surface area contributed by atoms with E-state index in [0.29, 0.717) is 31.1 Å². The molecule has 2 aliphatic rings. The van der Waals surface area contributed by atoms with E-state index in [9.17, 15) is 14.8 Å². The maximum absolute atomic E-state index is 13.9. The third-order valence-corrected chi connectivity index (χ3v) is 8.62. The van der Waals surface area contributed by atoms with Gasteiger partial charge in [0.25, 0.3) is 5.56 Å². The average molecular weight is 527 g/mol. The van der Waals surface area contributed by atoms with Gasteiger partial charge in [-0.25, -0.2) is 4.98 Å². The number of quaternary nitrogens is 1. The van der Waals surface area contributed by atoms with Crippen molar-refractivity contribution in [2.24, 2.45) is 12.8 Å². The number of hydrogen-bond donors (Lipinski definition) is 2. The smallest absolute Gasteiger partial charge is 0.260 e. The van der Waals surface area contributed by atoms with E-state index < -0.39 is 5.91 Å². The van der Waals surface area contributed by atoms with Crippen molar-refractivity contribution >= 4 is 22.6 Å². The minimum absolute atomic E-state index is 0.0140. The Bertz CT molecular complexity index is 1640. The van der Waals surface area contributed by atoms with Gasteiger partial charge in [-0.1, -0.05) is 19.1 Å². The number of benzene rings is 1. The summed E-state index contributed by atoms with van der Waals surface area (Å²) in [6.07, 6.45) is 6.57. The van der Waals surface area contributed by atoms with Gasteiger partial charge in [-0.05, 0) is 54.2 Å². The molecular formula is C30H34N6O3. The van der Waals surface area contributed by atoms with Crippen molar-refractivity contribution in [1.29, 1.82) is 0 Å². The number of nitrogens with two attached hydrogens (primary N) is 1. The van der Waals surface area contributed by atoms with Gasteiger partial charge in [-0.2, -0.15) is 0 Å². The molecule has 4 aromatic rings. The highest BCUT2D eigenvalue weighted by Gasteiger charge is 2.30. The number of hydroxylamine groups is 3. The van der Waals surface area contributed by atoms with Crippen LogP contribution in [0.1, 0.15) is 58.4 Å². The first-order chi connectivity index (χ1) is 18.8. The zero-order chi connectivity index (χ0) is 27.3. The Balaban J connectivity index is 1.24. The highest BCUT2D eigenvalue weighted by Crippen LogP contribution is 2.34. The molecule has 3 aromatic heterocycles. The third-order valence-electron chi connectivity index (χ3n) is 8.62. The molecule has 0 bridgehead atoms. The molecule has 0 atom stereocenters. The molecule has 0 spiro atoms. The van der Waals surface area contributed by atoms with Crippen LogP contribution < -0.4 is 16.6 Å². The largest absolute Gasteiger partial charge is 0.633 e. The van der Waals surface area contributed by atoms with Gasteiger partial charge in [0.15, 0.2) is 0 Å². The number of likely N-dealkylation sites (tertiary alicyclic amines) is 1. The number of piperidine rings is 1. The predicted octanol–water partition coefficient (Wildman–Crippen LogP) is 3.75. The van der Waals surface area contributed by atoms with E-state index in [2.05, 4.69) is 16.4 Å². The Hall–Kier alpha value is -3.95. The number of amides is 1. The normalized spacial score (nSPS) is 20.6. The maximum Gasteiger partial charge on any atom is 0.260 e. The molecule has 0 aliphatic carbocycles. The number of primary amides is 1. The van der Waals surface area contributed by atoms with Crippen LogP contribution in [-0.4, -0.2) is 44.3 Å². The summed E-state index contributed by atoms with van der Waals surface area (Å²) in [7, 11) is 1.94. The van der Waals surface area contributed by atoms with Crippen molar-refractivity contribution in [2.75, 3.05) is 25.0 Å². The predicted molar refractivity (Wildman–Crippen MR) is 152 cm³/mol. The fourth-order valence-electron chi connectivity index (χ4n) is 6.34. The van der Waals surface area contributed by atoms with Crippen LogP contribution in [0.15, 0.2) is 53.6 Å². The molecule has 5 heterocycles. The molecule has 1 amide bonds. The lowest BCUT2D eigenvalue weighted by Gasteiger charge is -2.47. The monoisotopic (exact) mass is 526 g/mol. The van der Waals surface area contributed by atoms with Crippen LogP contribution in [0.25, 0.3) is 16.7 Å². The number of fused-ring (bicyclic) bond motifs is 2. The van der Waals surface area contributed by atoms with Crippen LogP contribution in [0.2, 0.25) is 0 Å². The molecule has 6 rings (SSSR count). The second-order valence-electron chi connectivity index (χ2n) is 10.9. The molecular weight excluding hydrogens is 492 g/mol. The van der Waals surface area contributed by atoms with Crippen LogP contribution in [0.5, 0.6) is 0 Å². The van der Waals surface area contributed by atoms with Gasteiger partial charge < -0.3 is 25.5 Å². The number of carbonyl (C=O) groups excluding carboxylic acids is 1. The van der Waals surface area contributed by atoms with Crippen molar-refractivity contribution < 1.29 is 9.44 Å². The van der Waals surface area contributed by atoms with Crippen LogP contribution >= 0.6 is 0 Å². The Kier molecular flexibility index (Phi) is 6.28. The Morgan fingerprint density at radius 2 is 2.00 bits per heavy atom. The lowest BCUT2D eigenvalue weighted by Crippen LogP contribution is -2.47. The topological polar surface area (TPSA) is 118 Å². The van der Waals surface area contributed by atoms with Crippen molar-refractivity contribution in [3.8, 4) is 5.69 Å². The molecule has 3 N–H and O–H groups in total. The summed E-state index contributed by atoms with van der Waals surface area (Å²) in [6.45, 7) is 4.18. The van der Waals surface area contributed by atoms with E-state index in [1.54, 1.807) is 10.8 Å². The average Bonchev–Trinajstić information content (AvgIpc) is 3.54. The lowest BCUT2D eigenvalue weighted by molar-refractivity contribution is -0.899. The standard InChI is InChI=1S/C30H34N6O3/c1-3-19-16-21(4-5-23(19)28(31)37)20-9-14-36(39,15-10-20)18-22-17-25-27(7-12-33-29(25)34(22)2)35-13-8-26-24(30(35)38)6-11-32-26/h4-5,7-8,12-13,16-17,20,32H,3,6,9-11,14-15,18H2,1-2H3,(H2,31,37). The van der Waals surface area contributed by atoms with Gasteiger partial charge in [0.2, 0.25) is 5.91 Å². The second-order valence-corrected chi connectivity index (χ2v) is 10.9. The zero-order valence-corrected chi connectivity index (χ0v) is 22.4. The van der Waals surface area contributed by atoms with Crippen LogP contribution in [0.4, 0.5) is 5.69 Å². The third kappa shape index (κ3) is 4.41. The summed E-state index contributed by atoms with van der Waals surface area (Å²) in [4.78, 5) is 29.5. The number of nitrogens with zero attached hydrogens (tertiary/aromatic N) is 4. The van der Waals surface area contributed by atoms with Gasteiger partial charge in [0.05, 0.1) is 24.5 Å². The molecule has 202 valence electrons. The fourth-order valence-corrected chi connectivity index (χ4v) is 6.34. The summed E-state index contributed by atoms with van der Waals surface area (Å²) in [5, 5.41) is 18.0. The number of anilines is 1. The summed E-state index contributed by atoms with van der Waals surface area (Å²) in [6, 6.07) is 11.7. The zero-order valence-electron chi connectivity index (χ0n) is 22.4. The van der Waals surface area contributed by atoms with Gasteiger partial charge in [-0.15, -0.1) is 0 Å². The summed E-state index contributed by atoms with van der Waals surface area (Å²) >= 11 is 0. The minimum atomic E-state index is -0.400. The van der Waals surface area contributed by atoms with Crippen molar-refractivity contribution in [2.45, 2.75) is 45.1 Å². The Morgan fingerprint density at radius 1 is 1.21 bits per heavy atom. The number of carbonyl (C=O) groups is 1. The number of rotatable bonds is 6. The van der Waals surface area contributed by atoms with Crippen LogP contribution in [0, 0.1) is 5.21 Å². The van der Waals surface area contributed by atoms with E-state index in [1.807, 2.05) is 55.1 Å². The quantitative estimate of drug-likeness (QED) is 0.293. The highest BCUT2D eigenvalue weighted by atomic mass is 16.5. The van der Waals surface area contributed by atoms with Crippen LogP contribution in [-0.2, 0) is 26.4 Å². The summed E-state index contributed by atoms with van der Waals surface area (Å²) in [5.41, 5.74) is 12.4. The molecule has 0 unspecified atom stereocenters. The molecule has 1 saturated heterocycles. The van der Waals surface area contributed by atoms with E-state index in [4.69, 9.17) is 5.73 Å². The molecule has 39 heavy (non-hydrogen) atoms. The second kappa shape index (κ2) is 9.66. The van der Waals surface area contributed by atoms with Crippen molar-refractivity contribution in [3.63, 3.8) is 0 Å². The highest BCUT2D eigenvalue weighted by molar-refractivity contribution is 5.94.